The quantitative estimate of drug-likeness (QED) is 0.859. The molecule has 1 amide bonds. The highest BCUT2D eigenvalue weighted by molar-refractivity contribution is 5.72. The van der Waals surface area contributed by atoms with Gasteiger partial charge < -0.3 is 10.5 Å². The second kappa shape index (κ2) is 6.87. The van der Waals surface area contributed by atoms with E-state index in [0.29, 0.717) is 11.7 Å². The zero-order valence-corrected chi connectivity index (χ0v) is 16.0. The second-order valence-corrected chi connectivity index (χ2v) is 8.21. The second-order valence-electron chi connectivity index (χ2n) is 8.21. The van der Waals surface area contributed by atoms with Gasteiger partial charge >= 0.3 is 6.09 Å². The molecule has 2 aliphatic rings. The summed E-state index contributed by atoms with van der Waals surface area (Å²) < 4.78 is 5.77. The molecular formula is C22H27N3O2. The average molecular weight is 365 g/mol. The van der Waals surface area contributed by atoms with Crippen LogP contribution < -0.4 is 5.73 Å². The van der Waals surface area contributed by atoms with Crippen LogP contribution in [0.5, 0.6) is 0 Å². The van der Waals surface area contributed by atoms with Crippen LogP contribution in [0.25, 0.3) is 0 Å². The Bertz CT molecular complexity index is 796. The van der Waals surface area contributed by atoms with Crippen LogP contribution in [0.4, 0.5) is 10.6 Å². The Hall–Kier alpha value is -2.56. The number of ether oxygens (including phenoxy) is 1. The molecule has 1 saturated carbocycles. The molecule has 1 aromatic carbocycles. The zero-order chi connectivity index (χ0) is 19.0. The number of hydrogen-bond donors (Lipinski definition) is 1. The van der Waals surface area contributed by atoms with Crippen LogP contribution in [0.3, 0.4) is 0 Å². The number of carbonyl (C=O) groups is 1. The van der Waals surface area contributed by atoms with E-state index in [-0.39, 0.29) is 18.2 Å². The number of nitrogen functional groups attached to an aromatic ring is 1. The number of rotatable bonds is 3. The summed E-state index contributed by atoms with van der Waals surface area (Å²) in [7, 11) is 0. The Balaban J connectivity index is 1.52. The fraction of sp³-hybridized carbons (Fsp3) is 0.455. The number of benzene rings is 1. The lowest BCUT2D eigenvalue weighted by molar-refractivity contribution is 0.0664. The summed E-state index contributed by atoms with van der Waals surface area (Å²) in [6.07, 6.45) is 5.74. The molecule has 142 valence electrons. The molecule has 27 heavy (non-hydrogen) atoms. The third kappa shape index (κ3) is 3.38. The van der Waals surface area contributed by atoms with Gasteiger partial charge in [0.2, 0.25) is 0 Å². The van der Waals surface area contributed by atoms with Gasteiger partial charge in [-0.1, -0.05) is 36.4 Å². The Morgan fingerprint density at radius 2 is 1.74 bits per heavy atom. The molecule has 1 atom stereocenters. The maximum absolute atomic E-state index is 12.7. The highest BCUT2D eigenvalue weighted by atomic mass is 16.6. The van der Waals surface area contributed by atoms with Crippen LogP contribution in [-0.2, 0) is 4.74 Å². The van der Waals surface area contributed by atoms with E-state index in [1.54, 1.807) is 0 Å². The number of nitrogens with two attached hydrogens (primary N) is 1. The molecule has 5 heteroatoms. The number of hydrogen-bond acceptors (Lipinski definition) is 4. The number of cyclic esters (lactones) is 1. The fourth-order valence-corrected chi connectivity index (χ4v) is 4.68. The number of pyridine rings is 1. The van der Waals surface area contributed by atoms with Crippen LogP contribution in [-0.4, -0.2) is 27.6 Å². The van der Waals surface area contributed by atoms with Gasteiger partial charge in [-0.2, -0.15) is 0 Å². The summed E-state index contributed by atoms with van der Waals surface area (Å²) >= 11 is 0. The molecule has 5 nitrogen and oxygen atoms in total. The van der Waals surface area contributed by atoms with Crippen molar-refractivity contribution in [1.82, 2.24) is 9.88 Å². The van der Waals surface area contributed by atoms with Gasteiger partial charge in [0, 0.05) is 12.2 Å². The molecule has 1 aliphatic carbocycles. The molecule has 4 rings (SSSR count). The first-order valence-corrected chi connectivity index (χ1v) is 9.73. The van der Waals surface area contributed by atoms with Crippen molar-refractivity contribution >= 4 is 11.9 Å². The number of carbonyl (C=O) groups excluding carboxylic acids is 1. The van der Waals surface area contributed by atoms with Gasteiger partial charge in [0.25, 0.3) is 0 Å². The SMILES string of the molecule is CC1(C)OC(=O)N(C2CCC(c3ccc(N)nc3)CC2)[C@@H]1c1ccccc1. The first-order valence-electron chi connectivity index (χ1n) is 9.73. The van der Waals surface area contributed by atoms with E-state index in [4.69, 9.17) is 10.5 Å². The van der Waals surface area contributed by atoms with Crippen LogP contribution in [0, 0.1) is 0 Å². The van der Waals surface area contributed by atoms with Crippen molar-refractivity contribution in [2.75, 3.05) is 5.73 Å². The van der Waals surface area contributed by atoms with E-state index in [9.17, 15) is 4.79 Å². The Morgan fingerprint density at radius 3 is 2.37 bits per heavy atom. The van der Waals surface area contributed by atoms with Crippen molar-refractivity contribution in [3.05, 3.63) is 59.8 Å². The first kappa shape index (κ1) is 17.8. The highest BCUT2D eigenvalue weighted by Gasteiger charge is 2.51. The van der Waals surface area contributed by atoms with Gasteiger partial charge in [-0.25, -0.2) is 9.78 Å². The zero-order valence-electron chi connectivity index (χ0n) is 16.0. The third-order valence-corrected chi connectivity index (χ3v) is 5.98. The standard InChI is InChI=1S/C22H27N3O2/c1-22(2)20(16-6-4-3-5-7-16)25(21(26)27-22)18-11-8-15(9-12-18)17-10-13-19(23)24-14-17/h3-7,10,13-15,18,20H,8-9,11-12H2,1-2H3,(H2,23,24)/t15?,18?,20-/m1/s1. The van der Waals surface area contributed by atoms with Crippen LogP contribution in [0.15, 0.2) is 48.7 Å². The van der Waals surface area contributed by atoms with Crippen LogP contribution >= 0.6 is 0 Å². The lowest BCUT2D eigenvalue weighted by Crippen LogP contribution is -2.42. The van der Waals surface area contributed by atoms with Crippen molar-refractivity contribution in [3.8, 4) is 0 Å². The molecule has 2 aromatic rings. The number of nitrogens with zero attached hydrogens (tertiary/aromatic N) is 2. The van der Waals surface area contributed by atoms with E-state index >= 15 is 0 Å². The summed E-state index contributed by atoms with van der Waals surface area (Å²) in [6, 6.07) is 14.3. The maximum atomic E-state index is 12.7. The van der Waals surface area contributed by atoms with Crippen LogP contribution in [0.2, 0.25) is 0 Å². The van der Waals surface area contributed by atoms with Crippen molar-refractivity contribution in [1.29, 1.82) is 0 Å². The molecule has 1 aliphatic heterocycles. The Morgan fingerprint density at radius 1 is 1.04 bits per heavy atom. The first-order chi connectivity index (χ1) is 13.0. The van der Waals surface area contributed by atoms with E-state index < -0.39 is 5.60 Å². The van der Waals surface area contributed by atoms with Gasteiger partial charge in [0.15, 0.2) is 0 Å². The van der Waals surface area contributed by atoms with Crippen molar-refractivity contribution in [2.24, 2.45) is 0 Å². The molecule has 1 aromatic heterocycles. The minimum Gasteiger partial charge on any atom is -0.441 e. The molecule has 1 saturated heterocycles. The van der Waals surface area contributed by atoms with Gasteiger partial charge in [-0.05, 0) is 62.6 Å². The highest BCUT2D eigenvalue weighted by Crippen LogP contribution is 2.46. The third-order valence-electron chi connectivity index (χ3n) is 5.98. The van der Waals surface area contributed by atoms with Gasteiger partial charge in [-0.15, -0.1) is 0 Å². The van der Waals surface area contributed by atoms with E-state index in [1.165, 1.54) is 5.56 Å². The lowest BCUT2D eigenvalue weighted by Gasteiger charge is -2.38. The largest absolute Gasteiger partial charge is 0.441 e. The lowest BCUT2D eigenvalue weighted by atomic mass is 9.80. The minimum atomic E-state index is -0.532. The topological polar surface area (TPSA) is 68.5 Å². The molecule has 0 unspecified atom stereocenters. The van der Waals surface area contributed by atoms with Gasteiger partial charge in [0.1, 0.15) is 11.4 Å². The van der Waals surface area contributed by atoms with Gasteiger partial charge in [-0.3, -0.25) is 4.90 Å². The molecule has 2 fully saturated rings. The molecule has 0 spiro atoms. The number of aromatic nitrogens is 1. The predicted octanol–water partition coefficient (Wildman–Crippen LogP) is 4.66. The van der Waals surface area contributed by atoms with Crippen molar-refractivity contribution < 1.29 is 9.53 Å². The van der Waals surface area contributed by atoms with Crippen LogP contribution in [0.1, 0.15) is 62.6 Å². The summed E-state index contributed by atoms with van der Waals surface area (Å²) in [4.78, 5) is 19.0. The maximum Gasteiger partial charge on any atom is 0.411 e. The summed E-state index contributed by atoms with van der Waals surface area (Å²) in [5.41, 5.74) is 7.55. The number of anilines is 1. The summed E-state index contributed by atoms with van der Waals surface area (Å²) in [6.45, 7) is 4.02. The van der Waals surface area contributed by atoms with E-state index in [2.05, 4.69) is 23.2 Å². The average Bonchev–Trinajstić information content (AvgIpc) is 2.91. The van der Waals surface area contributed by atoms with Crippen molar-refractivity contribution in [3.63, 3.8) is 0 Å². The van der Waals surface area contributed by atoms with E-state index in [1.807, 2.05) is 49.2 Å². The normalized spacial score (nSPS) is 27.4. The smallest absolute Gasteiger partial charge is 0.411 e. The van der Waals surface area contributed by atoms with Crippen molar-refractivity contribution in [2.45, 2.75) is 63.1 Å². The number of amides is 1. The molecular weight excluding hydrogens is 338 g/mol. The Labute approximate surface area is 160 Å². The van der Waals surface area contributed by atoms with Gasteiger partial charge in [0.05, 0.1) is 6.04 Å². The Kier molecular flexibility index (Phi) is 4.54. The minimum absolute atomic E-state index is 0.0501. The van der Waals surface area contributed by atoms with E-state index in [0.717, 1.165) is 31.2 Å². The monoisotopic (exact) mass is 365 g/mol. The molecule has 0 bridgehead atoms. The molecule has 2 heterocycles. The molecule has 0 radical (unpaired) electrons. The predicted molar refractivity (Wildman–Crippen MR) is 105 cm³/mol. The summed E-state index contributed by atoms with van der Waals surface area (Å²) in [5.74, 6) is 1.04. The fourth-order valence-electron chi connectivity index (χ4n) is 4.68. The molecule has 2 N–H and O–H groups in total. The summed E-state index contributed by atoms with van der Waals surface area (Å²) in [5, 5.41) is 0.